The SMILES string of the molecule is O=C(c1ccccc1N1CCCC1)N1CCc2ccccc21. The van der Waals surface area contributed by atoms with E-state index in [4.69, 9.17) is 0 Å². The van der Waals surface area contributed by atoms with Crippen LogP contribution < -0.4 is 9.80 Å². The van der Waals surface area contributed by atoms with Crippen molar-refractivity contribution in [1.29, 1.82) is 0 Å². The predicted molar refractivity (Wildman–Crippen MR) is 89.7 cm³/mol. The number of carbonyl (C=O) groups is 1. The summed E-state index contributed by atoms with van der Waals surface area (Å²) in [6.07, 6.45) is 3.39. The molecule has 4 rings (SSSR count). The van der Waals surface area contributed by atoms with Crippen LogP contribution >= 0.6 is 0 Å². The summed E-state index contributed by atoms with van der Waals surface area (Å²) in [4.78, 5) is 17.4. The number of carbonyl (C=O) groups excluding carboxylic acids is 1. The highest BCUT2D eigenvalue weighted by atomic mass is 16.2. The standard InChI is InChI=1S/C19H20N2O/c22-19(21-14-11-15-7-1-3-9-17(15)21)16-8-2-4-10-18(16)20-12-5-6-13-20/h1-4,7-10H,5-6,11-14H2. The fraction of sp³-hybridized carbons (Fsp3) is 0.316. The minimum Gasteiger partial charge on any atom is -0.371 e. The highest BCUT2D eigenvalue weighted by Gasteiger charge is 2.28. The van der Waals surface area contributed by atoms with Gasteiger partial charge in [-0.3, -0.25) is 4.79 Å². The van der Waals surface area contributed by atoms with Crippen molar-refractivity contribution in [2.45, 2.75) is 19.3 Å². The Morgan fingerprint density at radius 2 is 1.50 bits per heavy atom. The van der Waals surface area contributed by atoms with Crippen LogP contribution in [0.4, 0.5) is 11.4 Å². The molecule has 0 aliphatic carbocycles. The zero-order valence-corrected chi connectivity index (χ0v) is 12.7. The summed E-state index contributed by atoms with van der Waals surface area (Å²) >= 11 is 0. The fourth-order valence-electron chi connectivity index (χ4n) is 3.58. The van der Waals surface area contributed by atoms with Crippen molar-refractivity contribution in [1.82, 2.24) is 0 Å². The lowest BCUT2D eigenvalue weighted by atomic mass is 10.1. The summed E-state index contributed by atoms with van der Waals surface area (Å²) in [6, 6.07) is 16.3. The van der Waals surface area contributed by atoms with Crippen molar-refractivity contribution >= 4 is 17.3 Å². The number of rotatable bonds is 2. The topological polar surface area (TPSA) is 23.6 Å². The maximum Gasteiger partial charge on any atom is 0.260 e. The van der Waals surface area contributed by atoms with Gasteiger partial charge in [-0.15, -0.1) is 0 Å². The molecule has 0 unspecified atom stereocenters. The first kappa shape index (κ1) is 13.4. The van der Waals surface area contributed by atoms with Crippen LogP contribution in [0.2, 0.25) is 0 Å². The molecule has 3 nitrogen and oxygen atoms in total. The highest BCUT2D eigenvalue weighted by molar-refractivity contribution is 6.10. The minimum absolute atomic E-state index is 0.132. The van der Waals surface area contributed by atoms with Crippen LogP contribution in [0.25, 0.3) is 0 Å². The summed E-state index contributed by atoms with van der Waals surface area (Å²) in [7, 11) is 0. The van der Waals surface area contributed by atoms with Crippen molar-refractivity contribution in [2.75, 3.05) is 29.4 Å². The lowest BCUT2D eigenvalue weighted by Crippen LogP contribution is -2.31. The molecule has 2 aromatic rings. The first-order chi connectivity index (χ1) is 10.8. The second-order valence-corrected chi connectivity index (χ2v) is 6.05. The summed E-state index contributed by atoms with van der Waals surface area (Å²) in [5.74, 6) is 0.132. The Morgan fingerprint density at radius 3 is 2.32 bits per heavy atom. The minimum atomic E-state index is 0.132. The molecule has 0 saturated carbocycles. The Balaban J connectivity index is 1.69. The molecule has 0 aromatic heterocycles. The van der Waals surface area contributed by atoms with Gasteiger partial charge in [0.25, 0.3) is 5.91 Å². The summed E-state index contributed by atoms with van der Waals surface area (Å²) in [6.45, 7) is 2.90. The van der Waals surface area contributed by atoms with Gasteiger partial charge >= 0.3 is 0 Å². The van der Waals surface area contributed by atoms with Crippen LogP contribution in [0, 0.1) is 0 Å². The van der Waals surface area contributed by atoms with E-state index in [-0.39, 0.29) is 5.91 Å². The second kappa shape index (κ2) is 5.48. The van der Waals surface area contributed by atoms with Gasteiger partial charge in [-0.1, -0.05) is 30.3 Å². The van der Waals surface area contributed by atoms with Crippen LogP contribution in [-0.4, -0.2) is 25.5 Å². The molecule has 0 spiro atoms. The molecular weight excluding hydrogens is 272 g/mol. The van der Waals surface area contributed by atoms with E-state index in [0.29, 0.717) is 0 Å². The van der Waals surface area contributed by atoms with E-state index in [0.717, 1.165) is 43.0 Å². The van der Waals surface area contributed by atoms with Crippen LogP contribution in [0.3, 0.4) is 0 Å². The van der Waals surface area contributed by atoms with Gasteiger partial charge in [0.2, 0.25) is 0 Å². The monoisotopic (exact) mass is 292 g/mol. The number of nitrogens with zero attached hydrogens (tertiary/aromatic N) is 2. The Bertz CT molecular complexity index is 704. The molecule has 2 aliphatic rings. The molecule has 2 aliphatic heterocycles. The third-order valence-electron chi connectivity index (χ3n) is 4.71. The molecule has 112 valence electrons. The van der Waals surface area contributed by atoms with E-state index < -0.39 is 0 Å². The van der Waals surface area contributed by atoms with Gasteiger partial charge in [-0.25, -0.2) is 0 Å². The quantitative estimate of drug-likeness (QED) is 0.846. The number of fused-ring (bicyclic) bond motifs is 1. The maximum atomic E-state index is 13.1. The van der Waals surface area contributed by atoms with Gasteiger partial charge in [-0.05, 0) is 43.0 Å². The van der Waals surface area contributed by atoms with E-state index in [2.05, 4.69) is 23.1 Å². The summed E-state index contributed by atoms with van der Waals surface area (Å²) in [5, 5.41) is 0. The Hall–Kier alpha value is -2.29. The molecule has 2 heterocycles. The molecule has 0 atom stereocenters. The van der Waals surface area contributed by atoms with Gasteiger partial charge < -0.3 is 9.80 Å². The highest BCUT2D eigenvalue weighted by Crippen LogP contribution is 2.32. The van der Waals surface area contributed by atoms with E-state index in [1.165, 1.54) is 18.4 Å². The van der Waals surface area contributed by atoms with E-state index >= 15 is 0 Å². The third kappa shape index (κ3) is 2.17. The van der Waals surface area contributed by atoms with Crippen molar-refractivity contribution < 1.29 is 4.79 Å². The van der Waals surface area contributed by atoms with Crippen LogP contribution in [0.1, 0.15) is 28.8 Å². The Morgan fingerprint density at radius 1 is 0.818 bits per heavy atom. The summed E-state index contributed by atoms with van der Waals surface area (Å²) in [5.41, 5.74) is 4.27. The van der Waals surface area contributed by atoms with Crippen molar-refractivity contribution in [3.63, 3.8) is 0 Å². The normalized spacial score (nSPS) is 16.9. The number of benzene rings is 2. The van der Waals surface area contributed by atoms with Gasteiger partial charge in [0.1, 0.15) is 0 Å². The second-order valence-electron chi connectivity index (χ2n) is 6.05. The van der Waals surface area contributed by atoms with Crippen molar-refractivity contribution in [3.8, 4) is 0 Å². The molecule has 0 bridgehead atoms. The average molecular weight is 292 g/mol. The number of hydrogen-bond acceptors (Lipinski definition) is 2. The molecule has 22 heavy (non-hydrogen) atoms. The molecule has 1 saturated heterocycles. The zero-order valence-electron chi connectivity index (χ0n) is 12.7. The first-order valence-electron chi connectivity index (χ1n) is 8.08. The maximum absolute atomic E-state index is 13.1. The molecule has 0 radical (unpaired) electrons. The molecule has 1 fully saturated rings. The van der Waals surface area contributed by atoms with Crippen LogP contribution in [0.15, 0.2) is 48.5 Å². The zero-order chi connectivity index (χ0) is 14.9. The van der Waals surface area contributed by atoms with E-state index in [1.807, 2.05) is 35.2 Å². The largest absolute Gasteiger partial charge is 0.371 e. The summed E-state index contributed by atoms with van der Waals surface area (Å²) < 4.78 is 0. The molecule has 1 amide bonds. The Kier molecular flexibility index (Phi) is 3.34. The lowest BCUT2D eigenvalue weighted by Gasteiger charge is -2.24. The molecule has 2 aromatic carbocycles. The van der Waals surface area contributed by atoms with E-state index in [9.17, 15) is 4.79 Å². The smallest absolute Gasteiger partial charge is 0.260 e. The van der Waals surface area contributed by atoms with Gasteiger partial charge in [0.05, 0.1) is 5.56 Å². The van der Waals surface area contributed by atoms with Gasteiger partial charge in [-0.2, -0.15) is 0 Å². The van der Waals surface area contributed by atoms with E-state index in [1.54, 1.807) is 0 Å². The lowest BCUT2D eigenvalue weighted by molar-refractivity contribution is 0.0990. The Labute approximate surface area is 131 Å². The first-order valence-corrected chi connectivity index (χ1v) is 8.08. The predicted octanol–water partition coefficient (Wildman–Crippen LogP) is 3.49. The number of anilines is 2. The average Bonchev–Trinajstić information content (AvgIpc) is 3.24. The number of hydrogen-bond donors (Lipinski definition) is 0. The van der Waals surface area contributed by atoms with Gasteiger partial charge in [0.15, 0.2) is 0 Å². The molecular formula is C19H20N2O. The number of amides is 1. The molecule has 3 heteroatoms. The van der Waals surface area contributed by atoms with Crippen LogP contribution in [0.5, 0.6) is 0 Å². The van der Waals surface area contributed by atoms with Gasteiger partial charge in [0, 0.05) is 31.0 Å². The van der Waals surface area contributed by atoms with Crippen molar-refractivity contribution in [2.24, 2.45) is 0 Å². The number of para-hydroxylation sites is 2. The third-order valence-corrected chi connectivity index (χ3v) is 4.71. The van der Waals surface area contributed by atoms with Crippen LogP contribution in [-0.2, 0) is 6.42 Å². The fourth-order valence-corrected chi connectivity index (χ4v) is 3.58. The van der Waals surface area contributed by atoms with Crippen molar-refractivity contribution in [3.05, 3.63) is 59.7 Å². The molecule has 0 N–H and O–H groups in total.